The third-order valence-electron chi connectivity index (χ3n) is 5.04. The van der Waals surface area contributed by atoms with E-state index < -0.39 is 36.4 Å². The van der Waals surface area contributed by atoms with Crippen LogP contribution in [-0.4, -0.2) is 38.4 Å². The zero-order valence-electron chi connectivity index (χ0n) is 18.7. The van der Waals surface area contributed by atoms with Crippen LogP contribution in [-0.2, 0) is 28.5 Å². The number of carbonyl (C=O) groups excluding carboxylic acids is 2. The third-order valence-corrected chi connectivity index (χ3v) is 5.04. The summed E-state index contributed by atoms with van der Waals surface area (Å²) in [6, 6.07) is 18.3. The second-order valence-corrected chi connectivity index (χ2v) is 7.31. The Labute approximate surface area is 184 Å². The van der Waals surface area contributed by atoms with E-state index in [0.29, 0.717) is 17.5 Å². The number of methoxy groups -OCH3 is 2. The van der Waals surface area contributed by atoms with Crippen molar-refractivity contribution in [1.29, 1.82) is 0 Å². The highest BCUT2D eigenvalue weighted by atomic mass is 16.6. The van der Waals surface area contributed by atoms with E-state index >= 15 is 0 Å². The van der Waals surface area contributed by atoms with Gasteiger partial charge in [0.2, 0.25) is 0 Å². The summed E-state index contributed by atoms with van der Waals surface area (Å²) in [6.07, 6.45) is -0.596. The van der Waals surface area contributed by atoms with Gasteiger partial charge in [-0.2, -0.15) is 0 Å². The molecular weight excluding hydrogens is 396 g/mol. The summed E-state index contributed by atoms with van der Waals surface area (Å²) in [5, 5.41) is 0. The van der Waals surface area contributed by atoms with Crippen LogP contribution in [0.15, 0.2) is 60.7 Å². The van der Waals surface area contributed by atoms with Gasteiger partial charge in [-0.25, -0.2) is 9.59 Å². The minimum absolute atomic E-state index is 0.510. The van der Waals surface area contributed by atoms with Gasteiger partial charge in [-0.3, -0.25) is 0 Å². The van der Waals surface area contributed by atoms with Crippen LogP contribution in [0.3, 0.4) is 0 Å². The fourth-order valence-corrected chi connectivity index (χ4v) is 3.32. The fraction of sp³-hybridized carbons (Fsp3) is 0.440. The van der Waals surface area contributed by atoms with Crippen LogP contribution < -0.4 is 0 Å². The molecule has 0 amide bonds. The molecule has 0 radical (unpaired) electrons. The molecule has 31 heavy (non-hydrogen) atoms. The van der Waals surface area contributed by atoms with E-state index in [9.17, 15) is 9.59 Å². The predicted molar refractivity (Wildman–Crippen MR) is 117 cm³/mol. The largest absolute Gasteiger partial charge is 0.457 e. The molecule has 168 valence electrons. The first kappa shape index (κ1) is 24.6. The van der Waals surface area contributed by atoms with Crippen molar-refractivity contribution in [3.63, 3.8) is 0 Å². The number of esters is 2. The predicted octanol–water partition coefficient (Wildman–Crippen LogP) is 4.80. The molecule has 0 aromatic heterocycles. The Kier molecular flexibility index (Phi) is 10.2. The molecule has 0 spiro atoms. The van der Waals surface area contributed by atoms with E-state index in [0.717, 1.165) is 12.8 Å². The maximum absolute atomic E-state index is 12.8. The van der Waals surface area contributed by atoms with Gasteiger partial charge < -0.3 is 18.9 Å². The Balaban J connectivity index is 2.09. The van der Waals surface area contributed by atoms with Crippen LogP contribution in [0.25, 0.3) is 0 Å². The summed E-state index contributed by atoms with van der Waals surface area (Å²) < 4.78 is 22.1. The quantitative estimate of drug-likeness (QED) is 0.453. The van der Waals surface area contributed by atoms with Crippen molar-refractivity contribution in [2.24, 2.45) is 0 Å². The maximum Gasteiger partial charge on any atom is 0.340 e. The van der Waals surface area contributed by atoms with E-state index in [-0.39, 0.29) is 0 Å². The molecule has 4 atom stereocenters. The highest BCUT2D eigenvalue weighted by Crippen LogP contribution is 2.24. The average molecular weight is 429 g/mol. The third kappa shape index (κ3) is 7.19. The molecular formula is C25H32O6. The molecule has 0 aliphatic heterocycles. The standard InChI is InChI=1S/C25H32O6/c1-5-6-17-21(31-25(27)23(29-4)20-15-11-8-12-16-20)18(2)30-24(26)22(28-3)19-13-9-7-10-14-19/h7-16,18,21-23H,5-6,17H2,1-4H3/t18-,21+,22-,23-/m0/s1. The molecule has 0 saturated heterocycles. The maximum atomic E-state index is 12.8. The molecule has 0 bridgehead atoms. The molecule has 0 fully saturated rings. The topological polar surface area (TPSA) is 71.1 Å². The molecule has 0 N–H and O–H groups in total. The monoisotopic (exact) mass is 428 g/mol. The number of benzene rings is 2. The van der Waals surface area contributed by atoms with Crippen molar-refractivity contribution in [1.82, 2.24) is 0 Å². The average Bonchev–Trinajstić information content (AvgIpc) is 2.79. The molecule has 0 aliphatic carbocycles. The fourth-order valence-electron chi connectivity index (χ4n) is 3.32. The molecule has 6 nitrogen and oxygen atoms in total. The van der Waals surface area contributed by atoms with Crippen molar-refractivity contribution < 1.29 is 28.5 Å². The summed E-state index contributed by atoms with van der Waals surface area (Å²) >= 11 is 0. The van der Waals surface area contributed by atoms with Crippen molar-refractivity contribution >= 4 is 11.9 Å². The molecule has 0 heterocycles. The molecule has 0 aliphatic rings. The second-order valence-electron chi connectivity index (χ2n) is 7.31. The van der Waals surface area contributed by atoms with Gasteiger partial charge in [0.15, 0.2) is 12.2 Å². The van der Waals surface area contributed by atoms with Crippen LogP contribution in [0, 0.1) is 0 Å². The Hall–Kier alpha value is -2.70. The lowest BCUT2D eigenvalue weighted by Crippen LogP contribution is -2.36. The minimum atomic E-state index is -0.845. The number of rotatable bonds is 12. The molecule has 2 aromatic rings. The lowest BCUT2D eigenvalue weighted by atomic mass is 10.1. The van der Waals surface area contributed by atoms with Gasteiger partial charge in [0.1, 0.15) is 12.2 Å². The minimum Gasteiger partial charge on any atom is -0.457 e. The van der Waals surface area contributed by atoms with Crippen LogP contribution in [0.1, 0.15) is 56.4 Å². The zero-order valence-corrected chi connectivity index (χ0v) is 18.7. The number of hydrogen-bond acceptors (Lipinski definition) is 6. The van der Waals surface area contributed by atoms with Crippen molar-refractivity contribution in [2.45, 2.75) is 57.5 Å². The van der Waals surface area contributed by atoms with E-state index in [4.69, 9.17) is 18.9 Å². The summed E-state index contributed by atoms with van der Waals surface area (Å²) in [7, 11) is 2.92. The second kappa shape index (κ2) is 12.9. The smallest absolute Gasteiger partial charge is 0.340 e. The summed E-state index contributed by atoms with van der Waals surface area (Å²) in [5.74, 6) is -1.03. The first-order valence-corrected chi connectivity index (χ1v) is 10.6. The van der Waals surface area contributed by atoms with Crippen LogP contribution in [0.2, 0.25) is 0 Å². The summed E-state index contributed by atoms with van der Waals surface area (Å²) in [5.41, 5.74) is 1.41. The van der Waals surface area contributed by atoms with E-state index in [1.807, 2.05) is 55.5 Å². The Bertz CT molecular complexity index is 792. The number of hydrogen-bond donors (Lipinski definition) is 0. The lowest BCUT2D eigenvalue weighted by molar-refractivity contribution is -0.180. The van der Waals surface area contributed by atoms with Crippen LogP contribution in [0.4, 0.5) is 0 Å². The highest BCUT2D eigenvalue weighted by molar-refractivity contribution is 5.77. The number of ether oxygens (including phenoxy) is 4. The normalized spacial score (nSPS) is 14.8. The highest BCUT2D eigenvalue weighted by Gasteiger charge is 2.31. The first-order chi connectivity index (χ1) is 15.0. The Morgan fingerprint density at radius 2 is 1.23 bits per heavy atom. The lowest BCUT2D eigenvalue weighted by Gasteiger charge is -2.27. The zero-order chi connectivity index (χ0) is 22.6. The Morgan fingerprint density at radius 3 is 1.65 bits per heavy atom. The molecule has 0 unspecified atom stereocenters. The van der Waals surface area contributed by atoms with Crippen molar-refractivity contribution in [2.75, 3.05) is 14.2 Å². The van der Waals surface area contributed by atoms with Crippen molar-refractivity contribution in [3.05, 3.63) is 71.8 Å². The number of carbonyl (C=O) groups is 2. The number of unbranched alkanes of at least 4 members (excludes halogenated alkanes) is 1. The van der Waals surface area contributed by atoms with Crippen molar-refractivity contribution in [3.8, 4) is 0 Å². The van der Waals surface area contributed by atoms with Gasteiger partial charge in [-0.15, -0.1) is 0 Å². The van der Waals surface area contributed by atoms with E-state index in [1.165, 1.54) is 14.2 Å². The van der Waals surface area contributed by atoms with Gasteiger partial charge in [0.05, 0.1) is 0 Å². The van der Waals surface area contributed by atoms with Gasteiger partial charge >= 0.3 is 11.9 Å². The van der Waals surface area contributed by atoms with Gasteiger partial charge in [0, 0.05) is 14.2 Å². The molecule has 2 rings (SSSR count). The van der Waals surface area contributed by atoms with E-state index in [1.54, 1.807) is 19.1 Å². The SMILES string of the molecule is CCCC[C@@H](OC(=O)[C@@H](OC)c1ccccc1)[C@H](C)OC(=O)[C@@H](OC)c1ccccc1. The van der Waals surface area contributed by atoms with Gasteiger partial charge in [-0.05, 0) is 30.9 Å². The first-order valence-electron chi connectivity index (χ1n) is 10.6. The molecule has 6 heteroatoms. The summed E-state index contributed by atoms with van der Waals surface area (Å²) in [6.45, 7) is 3.78. The van der Waals surface area contributed by atoms with E-state index in [2.05, 4.69) is 0 Å². The van der Waals surface area contributed by atoms with Crippen LogP contribution >= 0.6 is 0 Å². The van der Waals surface area contributed by atoms with Crippen LogP contribution in [0.5, 0.6) is 0 Å². The Morgan fingerprint density at radius 1 is 0.774 bits per heavy atom. The van der Waals surface area contributed by atoms with Gasteiger partial charge in [0.25, 0.3) is 0 Å². The molecule has 0 saturated carbocycles. The molecule has 2 aromatic carbocycles. The van der Waals surface area contributed by atoms with Gasteiger partial charge in [-0.1, -0.05) is 74.0 Å². The summed E-state index contributed by atoms with van der Waals surface area (Å²) in [4.78, 5) is 25.6.